The van der Waals surface area contributed by atoms with Crippen molar-refractivity contribution in [1.82, 2.24) is 19.8 Å². The van der Waals surface area contributed by atoms with Crippen LogP contribution in [0, 0.1) is 11.8 Å². The van der Waals surface area contributed by atoms with Crippen LogP contribution in [0.5, 0.6) is 11.5 Å². The lowest BCUT2D eigenvalue weighted by atomic mass is 9.83. The van der Waals surface area contributed by atoms with Gasteiger partial charge >= 0.3 is 11.9 Å². The van der Waals surface area contributed by atoms with Crippen LogP contribution >= 0.6 is 0 Å². The number of benzene rings is 4. The zero-order chi connectivity index (χ0) is 49.4. The monoisotopic (exact) mass is 963 g/mol. The number of piperidine rings is 2. The predicted octanol–water partition coefficient (Wildman–Crippen LogP) is 11.5. The predicted molar refractivity (Wildman–Crippen MR) is 280 cm³/mol. The number of phenolic OH excluding ortho intramolecular Hbond substituents is 1. The van der Waals surface area contributed by atoms with Gasteiger partial charge in [-0.2, -0.15) is 0 Å². The fourth-order valence-corrected chi connectivity index (χ4v) is 10.7. The van der Waals surface area contributed by atoms with E-state index in [1.807, 2.05) is 32.0 Å². The lowest BCUT2D eigenvalue weighted by Crippen LogP contribution is -2.36. The summed E-state index contributed by atoms with van der Waals surface area (Å²) < 4.78 is 16.7. The van der Waals surface area contributed by atoms with E-state index in [1.165, 1.54) is 24.0 Å². The van der Waals surface area contributed by atoms with Gasteiger partial charge < -0.3 is 24.4 Å². The van der Waals surface area contributed by atoms with Gasteiger partial charge in [0.1, 0.15) is 11.5 Å². The topological polar surface area (TPSA) is 135 Å². The van der Waals surface area contributed by atoms with Crippen molar-refractivity contribution < 1.29 is 34.0 Å². The Kier molecular flexibility index (Phi) is 18.9. The van der Waals surface area contributed by atoms with Crippen molar-refractivity contribution in [3.63, 3.8) is 0 Å². The number of carbonyl (C=O) groups is 2. The van der Waals surface area contributed by atoms with Crippen molar-refractivity contribution in [2.75, 3.05) is 39.4 Å². The Morgan fingerprint density at radius 2 is 0.986 bits per heavy atom. The Bertz CT molecular complexity index is 2580. The smallest absolute Gasteiger partial charge is 0.309 e. The molecule has 376 valence electrons. The van der Waals surface area contributed by atoms with Crippen LogP contribution in [0.3, 0.4) is 0 Å². The van der Waals surface area contributed by atoms with Crippen molar-refractivity contribution in [2.45, 2.75) is 128 Å². The normalized spacial score (nSPS) is 21.3. The second kappa shape index (κ2) is 26.0. The highest BCUT2D eigenvalue weighted by Gasteiger charge is 2.28. The summed E-state index contributed by atoms with van der Waals surface area (Å²) in [6, 6.07) is 41.3. The molecule has 0 radical (unpaired) electrons. The van der Waals surface area contributed by atoms with Gasteiger partial charge in [-0.15, -0.1) is 0 Å². The molecule has 4 heterocycles. The number of aliphatic hydroxyl groups is 1. The third-order valence-electron chi connectivity index (χ3n) is 14.9. The number of ether oxygens (including phenoxy) is 3. The molecule has 0 atom stereocenters. The molecule has 11 heteroatoms. The van der Waals surface area contributed by atoms with Crippen LogP contribution in [0.15, 0.2) is 121 Å². The van der Waals surface area contributed by atoms with Crippen LogP contribution in [0.4, 0.5) is 0 Å². The molecule has 10 rings (SSSR count). The molecule has 4 aliphatic rings. The molecule has 4 aromatic carbocycles. The number of aliphatic hydroxyl groups excluding tert-OH is 1. The van der Waals surface area contributed by atoms with Gasteiger partial charge in [0.2, 0.25) is 0 Å². The molecular formula is C60H74N4O7. The number of aromatic hydroxyl groups is 1. The van der Waals surface area contributed by atoms with Gasteiger partial charge in [0, 0.05) is 23.9 Å². The van der Waals surface area contributed by atoms with E-state index in [2.05, 4.69) is 106 Å². The molecule has 2 N–H and O–H groups in total. The van der Waals surface area contributed by atoms with Crippen molar-refractivity contribution in [3.8, 4) is 11.5 Å². The molecule has 0 bridgehead atoms. The summed E-state index contributed by atoms with van der Waals surface area (Å²) in [5, 5.41) is 20.9. The molecule has 2 aliphatic heterocycles. The minimum atomic E-state index is -0.0595. The number of pyridine rings is 2. The van der Waals surface area contributed by atoms with Crippen LogP contribution in [0.1, 0.15) is 125 Å². The van der Waals surface area contributed by atoms with E-state index in [-0.39, 0.29) is 41.7 Å². The molecule has 2 aliphatic carbocycles. The lowest BCUT2D eigenvalue weighted by molar-refractivity contribution is -0.150. The number of esters is 2. The number of fused-ring (bicyclic) bond motifs is 2. The molecule has 0 amide bonds. The van der Waals surface area contributed by atoms with Crippen molar-refractivity contribution in [3.05, 3.63) is 144 Å². The summed E-state index contributed by atoms with van der Waals surface area (Å²) in [4.78, 5) is 38.0. The minimum absolute atomic E-state index is 0.0405. The first-order valence-corrected chi connectivity index (χ1v) is 26.4. The maximum absolute atomic E-state index is 12.0. The molecule has 2 saturated carbocycles. The number of hydrogen-bond acceptors (Lipinski definition) is 11. The molecular weight excluding hydrogens is 889 g/mol. The van der Waals surface area contributed by atoms with Crippen LogP contribution in [-0.2, 0) is 32.2 Å². The molecule has 2 saturated heterocycles. The van der Waals surface area contributed by atoms with E-state index in [1.54, 1.807) is 12.1 Å². The fourth-order valence-electron chi connectivity index (χ4n) is 10.7. The SMILES string of the molecule is CCOC(=O)C1CCN(Cc2ccc3cc(O)ccc3n2)CC1.CCOC(=O)C1CCN(Cc2ccc3cc(OC4CCC(c5ccccc5)CC4)ccc3n2)CC1.OC1CCC(c2ccccc2)CC1. The van der Waals surface area contributed by atoms with Gasteiger partial charge in [0.15, 0.2) is 0 Å². The summed E-state index contributed by atoms with van der Waals surface area (Å²) in [5.74, 6) is 2.52. The van der Waals surface area contributed by atoms with Crippen LogP contribution in [0.25, 0.3) is 21.8 Å². The molecule has 4 fully saturated rings. The zero-order valence-electron chi connectivity index (χ0n) is 41.9. The minimum Gasteiger partial charge on any atom is -0.508 e. The summed E-state index contributed by atoms with van der Waals surface area (Å²) >= 11 is 0. The highest BCUT2D eigenvalue weighted by Crippen LogP contribution is 2.36. The number of carbonyl (C=O) groups excluding carboxylic acids is 2. The van der Waals surface area contributed by atoms with Crippen LogP contribution in [0.2, 0.25) is 0 Å². The highest BCUT2D eigenvalue weighted by atomic mass is 16.5. The van der Waals surface area contributed by atoms with Gasteiger partial charge in [-0.05, 0) is 189 Å². The van der Waals surface area contributed by atoms with Gasteiger partial charge in [-0.3, -0.25) is 29.4 Å². The number of rotatable bonds is 12. The molecule has 11 nitrogen and oxygen atoms in total. The van der Waals surface area contributed by atoms with Crippen molar-refractivity contribution >= 4 is 33.7 Å². The van der Waals surface area contributed by atoms with Gasteiger partial charge in [0.05, 0.1) is 59.7 Å². The Labute approximate surface area is 420 Å². The molecule has 2 aromatic heterocycles. The first-order valence-electron chi connectivity index (χ1n) is 26.4. The molecule has 71 heavy (non-hydrogen) atoms. The van der Waals surface area contributed by atoms with E-state index >= 15 is 0 Å². The van der Waals surface area contributed by atoms with E-state index in [9.17, 15) is 19.8 Å². The quantitative estimate of drug-likeness (QED) is 0.114. The Hall–Kier alpha value is -5.88. The average Bonchev–Trinajstić information content (AvgIpc) is 3.40. The highest BCUT2D eigenvalue weighted by molar-refractivity contribution is 5.81. The Morgan fingerprint density at radius 1 is 0.535 bits per heavy atom. The zero-order valence-corrected chi connectivity index (χ0v) is 41.9. The first-order chi connectivity index (χ1) is 34.7. The second-order valence-electron chi connectivity index (χ2n) is 19.9. The lowest BCUT2D eigenvalue weighted by Gasteiger charge is -2.30. The fraction of sp³-hybridized carbons (Fsp3) is 0.467. The maximum Gasteiger partial charge on any atom is 0.309 e. The van der Waals surface area contributed by atoms with Crippen molar-refractivity contribution in [1.29, 1.82) is 0 Å². The van der Waals surface area contributed by atoms with E-state index in [0.717, 1.165) is 142 Å². The van der Waals surface area contributed by atoms with Crippen LogP contribution in [-0.4, -0.2) is 93.5 Å². The van der Waals surface area contributed by atoms with E-state index < -0.39 is 0 Å². The molecule has 0 unspecified atom stereocenters. The van der Waals surface area contributed by atoms with Gasteiger partial charge in [-0.25, -0.2) is 0 Å². The number of aromatic nitrogens is 2. The number of likely N-dealkylation sites (tertiary alicyclic amines) is 2. The van der Waals surface area contributed by atoms with Gasteiger partial charge in [0.25, 0.3) is 0 Å². The summed E-state index contributed by atoms with van der Waals surface area (Å²) in [6.07, 6.45) is 12.5. The summed E-state index contributed by atoms with van der Waals surface area (Å²) in [6.45, 7) is 9.81. The summed E-state index contributed by atoms with van der Waals surface area (Å²) in [7, 11) is 0. The Morgan fingerprint density at radius 3 is 1.46 bits per heavy atom. The van der Waals surface area contributed by atoms with Crippen molar-refractivity contribution in [2.24, 2.45) is 11.8 Å². The average molecular weight is 963 g/mol. The summed E-state index contributed by atoms with van der Waals surface area (Å²) in [5.41, 5.74) is 6.87. The Balaban J connectivity index is 0.000000160. The maximum atomic E-state index is 12.0. The molecule has 0 spiro atoms. The van der Waals surface area contributed by atoms with E-state index in [0.29, 0.717) is 25.0 Å². The standard InChI is InChI=1S/C30H36N2O3.C18H22N2O3.C12H16O/c1-2-34-30(33)24-16-18-32(19-17-24)21-26-11-8-25-20-28(14-15-29(25)31-26)35-27-12-9-23(10-13-27)22-6-4-3-5-7-22;1-2-23-18(22)13-7-9-20(10-8-13)12-15-4-3-14-11-16(21)5-6-17(14)19-15;13-12-8-6-11(7-9-12)10-4-2-1-3-5-10/h3-8,11,14-15,20,23-24,27H,2,9-10,12-13,16-19,21H2,1H3;3-6,11,13,21H,2,7-10,12H2,1H3;1-5,11-13H,6-9H2. The van der Waals surface area contributed by atoms with E-state index in [4.69, 9.17) is 19.2 Å². The van der Waals surface area contributed by atoms with Gasteiger partial charge in [-0.1, -0.05) is 72.8 Å². The second-order valence-corrected chi connectivity index (χ2v) is 19.9. The number of nitrogens with zero attached hydrogens (tertiary/aromatic N) is 4. The third kappa shape index (κ3) is 15.1. The third-order valence-corrected chi connectivity index (χ3v) is 14.9. The number of hydrogen-bond donors (Lipinski definition) is 2. The molecule has 6 aromatic rings. The number of phenols is 1. The largest absolute Gasteiger partial charge is 0.508 e. The first kappa shape index (κ1) is 51.5. The van der Waals surface area contributed by atoms with Crippen LogP contribution < -0.4 is 4.74 Å².